The van der Waals surface area contributed by atoms with E-state index in [2.05, 4.69) is 20.8 Å². The molecule has 10 heteroatoms. The number of anilines is 2. The third-order valence-electron chi connectivity index (χ3n) is 4.94. The maximum absolute atomic E-state index is 13.3. The quantitative estimate of drug-likeness (QED) is 0.562. The second kappa shape index (κ2) is 9.73. The molecule has 1 fully saturated rings. The third-order valence-corrected chi connectivity index (χ3v) is 5.97. The van der Waals surface area contributed by atoms with E-state index >= 15 is 0 Å². The highest BCUT2D eigenvalue weighted by Crippen LogP contribution is 2.35. The Morgan fingerprint density at radius 2 is 2.03 bits per heavy atom. The molecule has 1 aliphatic rings. The van der Waals surface area contributed by atoms with Crippen LogP contribution in [0.1, 0.15) is 40.6 Å². The van der Waals surface area contributed by atoms with Crippen LogP contribution in [-0.2, 0) is 0 Å². The summed E-state index contributed by atoms with van der Waals surface area (Å²) >= 11 is 1.13. The molecule has 1 saturated heterocycles. The Kier molecular flexibility index (Phi) is 6.60. The van der Waals surface area contributed by atoms with Crippen LogP contribution in [0.25, 0.3) is 0 Å². The van der Waals surface area contributed by atoms with Gasteiger partial charge in [-0.05, 0) is 50.1 Å². The van der Waals surface area contributed by atoms with E-state index in [1.54, 1.807) is 23.1 Å². The highest BCUT2D eigenvalue weighted by atomic mass is 32.1. The van der Waals surface area contributed by atoms with Crippen LogP contribution in [0.5, 0.6) is 5.75 Å². The standard InChI is InChI=1S/C22H22FN5O3S/c1-2-31-18-11-4-3-9-16(18)25-22(30)28-12-6-10-17(28)20-26-27-21(32-20)19(29)24-15-8-5-7-14(23)13-15/h3-5,7-9,11,13,17H,2,6,10,12H2,1H3,(H,24,29)(H,25,30)/t17-/m0/s1. The Morgan fingerprint density at radius 3 is 2.84 bits per heavy atom. The third kappa shape index (κ3) is 4.86. The summed E-state index contributed by atoms with van der Waals surface area (Å²) in [5.74, 6) is -0.315. The van der Waals surface area contributed by atoms with Crippen molar-refractivity contribution in [1.82, 2.24) is 15.1 Å². The van der Waals surface area contributed by atoms with Crippen molar-refractivity contribution in [1.29, 1.82) is 0 Å². The molecule has 0 bridgehead atoms. The number of amides is 3. The van der Waals surface area contributed by atoms with Gasteiger partial charge in [0.1, 0.15) is 16.6 Å². The number of nitrogens with one attached hydrogen (secondary N) is 2. The summed E-state index contributed by atoms with van der Waals surface area (Å²) in [7, 11) is 0. The first-order valence-corrected chi connectivity index (χ1v) is 11.1. The Morgan fingerprint density at radius 1 is 1.19 bits per heavy atom. The lowest BCUT2D eigenvalue weighted by Crippen LogP contribution is -2.34. The lowest BCUT2D eigenvalue weighted by Gasteiger charge is -2.23. The summed E-state index contributed by atoms with van der Waals surface area (Å²) in [6, 6.07) is 12.3. The van der Waals surface area contributed by atoms with Crippen molar-refractivity contribution in [3.63, 3.8) is 0 Å². The summed E-state index contributed by atoms with van der Waals surface area (Å²) in [5.41, 5.74) is 0.930. The average molecular weight is 456 g/mol. The molecule has 0 aliphatic carbocycles. The van der Waals surface area contributed by atoms with Gasteiger partial charge in [0.05, 0.1) is 18.3 Å². The number of nitrogens with zero attached hydrogens (tertiary/aromatic N) is 3. The number of rotatable bonds is 6. The van der Waals surface area contributed by atoms with Gasteiger partial charge in [0.2, 0.25) is 5.01 Å². The number of para-hydroxylation sites is 2. The summed E-state index contributed by atoms with van der Waals surface area (Å²) in [6.07, 6.45) is 1.54. The zero-order valence-corrected chi connectivity index (χ0v) is 18.2. The van der Waals surface area contributed by atoms with Crippen LogP contribution in [0.3, 0.4) is 0 Å². The minimum atomic E-state index is -0.473. The first kappa shape index (κ1) is 21.7. The lowest BCUT2D eigenvalue weighted by atomic mass is 10.2. The van der Waals surface area contributed by atoms with Gasteiger partial charge in [0.25, 0.3) is 5.91 Å². The van der Waals surface area contributed by atoms with E-state index in [1.807, 2.05) is 19.1 Å². The van der Waals surface area contributed by atoms with Crippen LogP contribution < -0.4 is 15.4 Å². The maximum atomic E-state index is 13.3. The van der Waals surface area contributed by atoms with E-state index < -0.39 is 11.7 Å². The molecule has 2 heterocycles. The monoisotopic (exact) mass is 455 g/mol. The minimum Gasteiger partial charge on any atom is -0.492 e. The van der Waals surface area contributed by atoms with Crippen LogP contribution in [-0.4, -0.2) is 40.2 Å². The van der Waals surface area contributed by atoms with Gasteiger partial charge < -0.3 is 20.3 Å². The Labute approximate surface area is 188 Å². The van der Waals surface area contributed by atoms with E-state index in [1.165, 1.54) is 18.2 Å². The smallest absolute Gasteiger partial charge is 0.322 e. The molecule has 1 atom stereocenters. The van der Waals surface area contributed by atoms with Crippen molar-refractivity contribution in [2.24, 2.45) is 0 Å². The van der Waals surface area contributed by atoms with Gasteiger partial charge in [-0.3, -0.25) is 4.79 Å². The molecule has 0 saturated carbocycles. The number of hydrogen-bond acceptors (Lipinski definition) is 6. The number of hydrogen-bond donors (Lipinski definition) is 2. The maximum Gasteiger partial charge on any atom is 0.322 e. The number of carbonyl (C=O) groups excluding carboxylic acids is 2. The zero-order valence-electron chi connectivity index (χ0n) is 17.4. The van der Waals surface area contributed by atoms with E-state index in [0.717, 1.165) is 24.2 Å². The van der Waals surface area contributed by atoms with Crippen LogP contribution in [0, 0.1) is 5.82 Å². The Bertz CT molecular complexity index is 1120. The van der Waals surface area contributed by atoms with Crippen molar-refractivity contribution in [3.05, 3.63) is 64.4 Å². The SMILES string of the molecule is CCOc1ccccc1NC(=O)N1CCC[C@H]1c1nnc(C(=O)Nc2cccc(F)c2)s1. The number of halogens is 1. The van der Waals surface area contributed by atoms with Gasteiger partial charge in [-0.1, -0.05) is 29.5 Å². The molecule has 166 valence electrons. The number of carbonyl (C=O) groups is 2. The van der Waals surface area contributed by atoms with Crippen LogP contribution >= 0.6 is 11.3 Å². The van der Waals surface area contributed by atoms with Crippen LogP contribution in [0.2, 0.25) is 0 Å². The van der Waals surface area contributed by atoms with Gasteiger partial charge in [-0.2, -0.15) is 0 Å². The molecule has 8 nitrogen and oxygen atoms in total. The highest BCUT2D eigenvalue weighted by molar-refractivity contribution is 7.13. The van der Waals surface area contributed by atoms with Gasteiger partial charge in [-0.25, -0.2) is 9.18 Å². The summed E-state index contributed by atoms with van der Waals surface area (Å²) < 4.78 is 18.9. The number of urea groups is 1. The van der Waals surface area contributed by atoms with Crippen molar-refractivity contribution < 1.29 is 18.7 Å². The Hall–Kier alpha value is -3.53. The van der Waals surface area contributed by atoms with Gasteiger partial charge in [0, 0.05) is 12.2 Å². The second-order valence-electron chi connectivity index (χ2n) is 7.12. The molecular formula is C22H22FN5O3S. The molecule has 1 aromatic heterocycles. The fourth-order valence-electron chi connectivity index (χ4n) is 3.52. The number of ether oxygens (including phenoxy) is 1. The van der Waals surface area contributed by atoms with E-state index in [9.17, 15) is 14.0 Å². The van der Waals surface area contributed by atoms with Gasteiger partial charge >= 0.3 is 6.03 Å². The number of benzene rings is 2. The van der Waals surface area contributed by atoms with Gasteiger partial charge in [0.15, 0.2) is 0 Å². The van der Waals surface area contributed by atoms with Crippen molar-refractivity contribution in [2.75, 3.05) is 23.8 Å². The number of aromatic nitrogens is 2. The topological polar surface area (TPSA) is 96.4 Å². The predicted octanol–water partition coefficient (Wildman–Crippen LogP) is 4.70. The van der Waals surface area contributed by atoms with Crippen molar-refractivity contribution in [2.45, 2.75) is 25.8 Å². The highest BCUT2D eigenvalue weighted by Gasteiger charge is 2.33. The van der Waals surface area contributed by atoms with Crippen LogP contribution in [0.15, 0.2) is 48.5 Å². The molecular weight excluding hydrogens is 433 g/mol. The van der Waals surface area contributed by atoms with E-state index in [-0.39, 0.29) is 17.1 Å². The molecule has 3 aromatic rings. The fraction of sp³-hybridized carbons (Fsp3) is 0.273. The molecule has 0 spiro atoms. The number of likely N-dealkylation sites (tertiary alicyclic amines) is 1. The van der Waals surface area contributed by atoms with E-state index in [4.69, 9.17) is 4.74 Å². The summed E-state index contributed by atoms with van der Waals surface area (Å²) in [4.78, 5) is 27.1. The van der Waals surface area contributed by atoms with Gasteiger partial charge in [-0.15, -0.1) is 10.2 Å². The zero-order chi connectivity index (χ0) is 22.5. The molecule has 2 aromatic carbocycles. The lowest BCUT2D eigenvalue weighted by molar-refractivity contribution is 0.102. The molecule has 1 aliphatic heterocycles. The summed E-state index contributed by atoms with van der Waals surface area (Å²) in [6.45, 7) is 2.94. The van der Waals surface area contributed by atoms with E-state index in [0.29, 0.717) is 35.3 Å². The molecule has 0 radical (unpaired) electrons. The summed E-state index contributed by atoms with van der Waals surface area (Å²) in [5, 5.41) is 14.4. The predicted molar refractivity (Wildman–Crippen MR) is 120 cm³/mol. The molecule has 0 unspecified atom stereocenters. The molecule has 32 heavy (non-hydrogen) atoms. The fourth-order valence-corrected chi connectivity index (χ4v) is 4.40. The minimum absolute atomic E-state index is 0.151. The van der Waals surface area contributed by atoms with Crippen LogP contribution in [0.4, 0.5) is 20.6 Å². The normalized spacial score (nSPS) is 15.4. The second-order valence-corrected chi connectivity index (χ2v) is 8.13. The largest absolute Gasteiger partial charge is 0.492 e. The first-order chi connectivity index (χ1) is 15.5. The molecule has 3 amide bonds. The average Bonchev–Trinajstić information content (AvgIpc) is 3.45. The molecule has 2 N–H and O–H groups in total. The van der Waals surface area contributed by atoms with Crippen molar-refractivity contribution >= 4 is 34.6 Å². The van der Waals surface area contributed by atoms with Crippen molar-refractivity contribution in [3.8, 4) is 5.75 Å². The Balaban J connectivity index is 1.45. The first-order valence-electron chi connectivity index (χ1n) is 10.2. The molecule has 4 rings (SSSR count).